The molecule has 0 atom stereocenters. The summed E-state index contributed by atoms with van der Waals surface area (Å²) in [6, 6.07) is 4.17. The fourth-order valence-corrected chi connectivity index (χ4v) is 3.25. The van der Waals surface area contributed by atoms with Crippen LogP contribution in [0, 0.1) is 11.6 Å². The zero-order valence-corrected chi connectivity index (χ0v) is 17.9. The van der Waals surface area contributed by atoms with Crippen molar-refractivity contribution in [1.82, 2.24) is 14.9 Å². The first-order valence-corrected chi connectivity index (χ1v) is 10.1. The Labute approximate surface area is 179 Å². The fraction of sp³-hybridized carbons (Fsp3) is 0.476. The van der Waals surface area contributed by atoms with E-state index >= 15 is 0 Å². The lowest BCUT2D eigenvalue weighted by Gasteiger charge is -2.32. The number of hydrogen-bond acceptors (Lipinski definition) is 5. The molecule has 0 spiro atoms. The minimum absolute atomic E-state index is 0.0427. The summed E-state index contributed by atoms with van der Waals surface area (Å²) in [6.07, 6.45) is 1.94. The summed E-state index contributed by atoms with van der Waals surface area (Å²) in [6.45, 7) is 6.26. The first kappa shape index (κ1) is 22.2. The lowest BCUT2D eigenvalue weighted by Crippen LogP contribution is -2.41. The summed E-state index contributed by atoms with van der Waals surface area (Å²) < 4.78 is 38.8. The molecule has 1 saturated heterocycles. The number of hydrogen-bond donors (Lipinski definition) is 0. The molecule has 0 unspecified atom stereocenters. The summed E-state index contributed by atoms with van der Waals surface area (Å²) in [7, 11) is 0. The molecular weight excluding hydrogens is 416 g/mol. The van der Waals surface area contributed by atoms with Gasteiger partial charge in [-0.25, -0.2) is 14.2 Å². The van der Waals surface area contributed by atoms with Crippen LogP contribution in [0.1, 0.15) is 50.9 Å². The van der Waals surface area contributed by atoms with Gasteiger partial charge in [-0.05, 0) is 45.7 Å². The van der Waals surface area contributed by atoms with Gasteiger partial charge in [0, 0.05) is 29.6 Å². The maximum atomic E-state index is 14.1. The van der Waals surface area contributed by atoms with Gasteiger partial charge in [0.2, 0.25) is 5.82 Å². The second-order valence-electron chi connectivity index (χ2n) is 8.15. The number of halogens is 3. The average Bonchev–Trinajstić information content (AvgIpc) is 2.67. The van der Waals surface area contributed by atoms with E-state index in [0.29, 0.717) is 31.8 Å². The van der Waals surface area contributed by atoms with Crippen LogP contribution in [0.2, 0.25) is 5.02 Å². The van der Waals surface area contributed by atoms with E-state index in [0.717, 1.165) is 6.20 Å². The molecule has 0 radical (unpaired) electrons. The van der Waals surface area contributed by atoms with Crippen molar-refractivity contribution in [2.24, 2.45) is 0 Å². The maximum absolute atomic E-state index is 14.1. The van der Waals surface area contributed by atoms with Gasteiger partial charge in [0.25, 0.3) is 5.88 Å². The average molecular weight is 440 g/mol. The topological polar surface area (TPSA) is 64.5 Å². The molecule has 2 heterocycles. The second-order valence-corrected chi connectivity index (χ2v) is 8.58. The van der Waals surface area contributed by atoms with Gasteiger partial charge in [-0.3, -0.25) is 0 Å². The SMILES string of the molecule is CC(C)(C)OC(=O)N1CCC(c2ncc(F)c(OCc3ccc(Cl)cc3F)n2)CC1. The van der Waals surface area contributed by atoms with Crippen molar-refractivity contribution in [3.8, 4) is 5.88 Å². The molecule has 0 saturated carbocycles. The van der Waals surface area contributed by atoms with Crippen LogP contribution in [0.3, 0.4) is 0 Å². The summed E-state index contributed by atoms with van der Waals surface area (Å²) >= 11 is 5.73. The Morgan fingerprint density at radius 3 is 2.57 bits per heavy atom. The number of likely N-dealkylation sites (tertiary alicyclic amines) is 1. The number of carbonyl (C=O) groups is 1. The van der Waals surface area contributed by atoms with Crippen LogP contribution < -0.4 is 4.74 Å². The number of benzene rings is 1. The molecule has 162 valence electrons. The van der Waals surface area contributed by atoms with E-state index in [4.69, 9.17) is 21.1 Å². The van der Waals surface area contributed by atoms with Gasteiger partial charge in [-0.15, -0.1) is 0 Å². The third kappa shape index (κ3) is 5.78. The van der Waals surface area contributed by atoms with Crippen molar-refractivity contribution in [3.05, 3.63) is 52.4 Å². The molecule has 30 heavy (non-hydrogen) atoms. The van der Waals surface area contributed by atoms with Crippen LogP contribution in [0.4, 0.5) is 13.6 Å². The Morgan fingerprint density at radius 1 is 1.23 bits per heavy atom. The smallest absolute Gasteiger partial charge is 0.410 e. The lowest BCUT2D eigenvalue weighted by molar-refractivity contribution is 0.0203. The summed E-state index contributed by atoms with van der Waals surface area (Å²) in [5, 5.41) is 0.268. The van der Waals surface area contributed by atoms with Crippen molar-refractivity contribution in [3.63, 3.8) is 0 Å². The second kappa shape index (κ2) is 9.12. The molecular formula is C21H24ClF2N3O3. The predicted molar refractivity (Wildman–Crippen MR) is 108 cm³/mol. The Morgan fingerprint density at radius 2 is 1.93 bits per heavy atom. The standard InChI is InChI=1S/C21H24ClF2N3O3/c1-21(2,3)30-20(28)27-8-6-13(7-9-27)18-25-11-17(24)19(26-18)29-12-14-4-5-15(22)10-16(14)23/h4-5,10-11,13H,6-9,12H2,1-3H3. The van der Waals surface area contributed by atoms with Crippen LogP contribution in [0.25, 0.3) is 0 Å². The molecule has 1 aliphatic rings. The Kier molecular flexibility index (Phi) is 6.75. The highest BCUT2D eigenvalue weighted by Crippen LogP contribution is 2.28. The minimum atomic E-state index is -0.723. The number of amides is 1. The van der Waals surface area contributed by atoms with Crippen molar-refractivity contribution in [2.75, 3.05) is 13.1 Å². The van der Waals surface area contributed by atoms with Gasteiger partial charge in [0.1, 0.15) is 23.8 Å². The van der Waals surface area contributed by atoms with Gasteiger partial charge in [-0.1, -0.05) is 17.7 Å². The lowest BCUT2D eigenvalue weighted by atomic mass is 9.96. The molecule has 1 aromatic carbocycles. The van der Waals surface area contributed by atoms with Crippen LogP contribution in [0.5, 0.6) is 5.88 Å². The van der Waals surface area contributed by atoms with E-state index in [9.17, 15) is 13.6 Å². The van der Waals surface area contributed by atoms with E-state index in [1.165, 1.54) is 18.2 Å². The highest BCUT2D eigenvalue weighted by Gasteiger charge is 2.29. The maximum Gasteiger partial charge on any atom is 0.410 e. The fourth-order valence-electron chi connectivity index (χ4n) is 3.09. The predicted octanol–water partition coefficient (Wildman–Crippen LogP) is 5.10. The Balaban J connectivity index is 1.62. The molecule has 9 heteroatoms. The highest BCUT2D eigenvalue weighted by atomic mass is 35.5. The van der Waals surface area contributed by atoms with E-state index in [1.807, 2.05) is 20.8 Å². The molecule has 3 rings (SSSR count). The highest BCUT2D eigenvalue weighted by molar-refractivity contribution is 6.30. The summed E-state index contributed by atoms with van der Waals surface area (Å²) in [5.41, 5.74) is -0.311. The molecule has 1 fully saturated rings. The third-order valence-corrected chi connectivity index (χ3v) is 4.86. The molecule has 0 bridgehead atoms. The number of aromatic nitrogens is 2. The first-order valence-electron chi connectivity index (χ1n) is 9.69. The van der Waals surface area contributed by atoms with Gasteiger partial charge in [0.15, 0.2) is 0 Å². The van der Waals surface area contributed by atoms with Crippen molar-refractivity contribution in [2.45, 2.75) is 51.7 Å². The van der Waals surface area contributed by atoms with Crippen LogP contribution >= 0.6 is 11.6 Å². The van der Waals surface area contributed by atoms with Crippen LogP contribution in [-0.4, -0.2) is 39.7 Å². The van der Waals surface area contributed by atoms with Crippen LogP contribution in [0.15, 0.2) is 24.4 Å². The zero-order valence-electron chi connectivity index (χ0n) is 17.1. The molecule has 1 aliphatic heterocycles. The van der Waals surface area contributed by atoms with Gasteiger partial charge < -0.3 is 14.4 Å². The third-order valence-electron chi connectivity index (χ3n) is 4.62. The summed E-state index contributed by atoms with van der Waals surface area (Å²) in [4.78, 5) is 22.1. The summed E-state index contributed by atoms with van der Waals surface area (Å²) in [5.74, 6) is -1.10. The largest absolute Gasteiger partial charge is 0.471 e. The number of piperidine rings is 1. The Bertz CT molecular complexity index is 913. The van der Waals surface area contributed by atoms with Crippen molar-refractivity contribution < 1.29 is 23.0 Å². The molecule has 0 N–H and O–H groups in total. The number of nitrogens with zero attached hydrogens (tertiary/aromatic N) is 3. The molecule has 1 amide bonds. The molecule has 0 aliphatic carbocycles. The molecule has 2 aromatic rings. The van der Waals surface area contributed by atoms with E-state index < -0.39 is 17.2 Å². The quantitative estimate of drug-likeness (QED) is 0.663. The Hall–Kier alpha value is -2.48. The molecule has 1 aromatic heterocycles. The number of ether oxygens (including phenoxy) is 2. The molecule has 6 nitrogen and oxygen atoms in total. The monoisotopic (exact) mass is 439 g/mol. The van der Waals surface area contributed by atoms with Crippen molar-refractivity contribution in [1.29, 1.82) is 0 Å². The normalized spacial score (nSPS) is 15.2. The number of rotatable bonds is 4. The van der Waals surface area contributed by atoms with Gasteiger partial charge in [0.05, 0.1) is 6.20 Å². The number of carbonyl (C=O) groups excluding carboxylic acids is 1. The van der Waals surface area contributed by atoms with E-state index in [1.54, 1.807) is 4.90 Å². The minimum Gasteiger partial charge on any atom is -0.471 e. The van der Waals surface area contributed by atoms with Crippen molar-refractivity contribution >= 4 is 17.7 Å². The van der Waals surface area contributed by atoms with Gasteiger partial charge >= 0.3 is 6.09 Å². The zero-order chi connectivity index (χ0) is 21.9. The van der Waals surface area contributed by atoms with E-state index in [-0.39, 0.29) is 35.1 Å². The first-order chi connectivity index (χ1) is 14.1. The van der Waals surface area contributed by atoms with Gasteiger partial charge in [-0.2, -0.15) is 9.37 Å². The van der Waals surface area contributed by atoms with E-state index in [2.05, 4.69) is 9.97 Å². The van der Waals surface area contributed by atoms with Crippen LogP contribution in [-0.2, 0) is 11.3 Å².